The highest BCUT2D eigenvalue weighted by molar-refractivity contribution is 5.89. The molecule has 1 rings (SSSR count). The lowest BCUT2D eigenvalue weighted by Gasteiger charge is -2.10. The monoisotopic (exact) mass is 328 g/mol. The van der Waals surface area contributed by atoms with E-state index in [1.54, 1.807) is 0 Å². The molecule has 0 radical (unpaired) electrons. The summed E-state index contributed by atoms with van der Waals surface area (Å²) in [4.78, 5) is 23.0. The van der Waals surface area contributed by atoms with Crippen LogP contribution in [0.1, 0.15) is 25.8 Å². The van der Waals surface area contributed by atoms with Crippen molar-refractivity contribution in [1.29, 1.82) is 0 Å². The van der Waals surface area contributed by atoms with Gasteiger partial charge in [0.25, 0.3) is 0 Å². The number of carbonyl (C=O) groups is 2. The quantitative estimate of drug-likeness (QED) is 0.616. The Bertz CT molecular complexity index is 463. The maximum absolute atomic E-state index is 11.5. The van der Waals surface area contributed by atoms with Gasteiger partial charge in [-0.2, -0.15) is 0 Å². The first kappa shape index (κ1) is 20.2. The Balaban J connectivity index is 0.00000441. The van der Waals surface area contributed by atoms with Crippen molar-refractivity contribution >= 4 is 30.0 Å². The minimum Gasteiger partial charge on any atom is -0.352 e. The molecule has 0 saturated heterocycles. The highest BCUT2D eigenvalue weighted by atomic mass is 35.5. The minimum atomic E-state index is -0.224. The van der Waals surface area contributed by atoms with Gasteiger partial charge in [0.2, 0.25) is 5.91 Å². The number of hydrogen-bond acceptors (Lipinski definition) is 3. The molecule has 7 heteroatoms. The van der Waals surface area contributed by atoms with E-state index in [1.807, 2.05) is 45.2 Å². The van der Waals surface area contributed by atoms with Gasteiger partial charge in [-0.05, 0) is 38.6 Å². The Kier molecular flexibility index (Phi) is 9.98. The van der Waals surface area contributed by atoms with Gasteiger partial charge in [-0.1, -0.05) is 12.1 Å². The third-order valence-corrected chi connectivity index (χ3v) is 2.72. The lowest BCUT2D eigenvalue weighted by atomic mass is 10.2. The zero-order valence-corrected chi connectivity index (χ0v) is 14.0. The fourth-order valence-electron chi connectivity index (χ4n) is 1.66. The summed E-state index contributed by atoms with van der Waals surface area (Å²) < 4.78 is 0. The summed E-state index contributed by atoms with van der Waals surface area (Å²) in [6.45, 7) is 4.96. The van der Waals surface area contributed by atoms with E-state index >= 15 is 0 Å². The number of rotatable bonds is 7. The van der Waals surface area contributed by atoms with Crippen LogP contribution in [0.2, 0.25) is 0 Å². The molecule has 1 aromatic carbocycles. The molecule has 0 aliphatic carbocycles. The first-order valence-electron chi connectivity index (χ1n) is 7.09. The van der Waals surface area contributed by atoms with Crippen molar-refractivity contribution in [2.75, 3.05) is 18.9 Å². The number of nitrogens with one attached hydrogen (secondary N) is 4. The van der Waals surface area contributed by atoms with Crippen LogP contribution in [0.25, 0.3) is 0 Å². The molecule has 0 heterocycles. The summed E-state index contributed by atoms with van der Waals surface area (Å²) in [6.07, 6.45) is 0.464. The van der Waals surface area contributed by atoms with Crippen LogP contribution >= 0.6 is 12.4 Å². The first-order chi connectivity index (χ1) is 10.0. The molecular formula is C15H25ClN4O2. The zero-order chi connectivity index (χ0) is 15.7. The lowest BCUT2D eigenvalue weighted by molar-refractivity contribution is -0.121. The fraction of sp³-hybridized carbons (Fsp3) is 0.467. The molecule has 4 N–H and O–H groups in total. The van der Waals surface area contributed by atoms with E-state index in [9.17, 15) is 9.59 Å². The van der Waals surface area contributed by atoms with Crippen molar-refractivity contribution in [3.05, 3.63) is 29.8 Å². The van der Waals surface area contributed by atoms with Gasteiger partial charge in [-0.25, -0.2) is 4.79 Å². The normalized spacial score (nSPS) is 9.82. The smallest absolute Gasteiger partial charge is 0.319 e. The molecule has 124 valence electrons. The average molecular weight is 329 g/mol. The van der Waals surface area contributed by atoms with Crippen molar-refractivity contribution in [1.82, 2.24) is 16.0 Å². The van der Waals surface area contributed by atoms with Crippen LogP contribution in [0.5, 0.6) is 0 Å². The molecular weight excluding hydrogens is 304 g/mol. The maximum Gasteiger partial charge on any atom is 0.319 e. The summed E-state index contributed by atoms with van der Waals surface area (Å²) in [5.74, 6) is 0.0165. The van der Waals surface area contributed by atoms with E-state index < -0.39 is 0 Å². The molecule has 0 atom stereocenters. The average Bonchev–Trinajstić information content (AvgIpc) is 2.43. The second kappa shape index (κ2) is 10.9. The lowest BCUT2D eigenvalue weighted by Crippen LogP contribution is -2.34. The number of carbonyl (C=O) groups excluding carboxylic acids is 2. The molecule has 0 aliphatic rings. The van der Waals surface area contributed by atoms with Gasteiger partial charge in [-0.15, -0.1) is 12.4 Å². The molecule has 22 heavy (non-hydrogen) atoms. The van der Waals surface area contributed by atoms with Gasteiger partial charge >= 0.3 is 6.03 Å². The van der Waals surface area contributed by atoms with E-state index in [1.165, 1.54) is 0 Å². The Hall–Kier alpha value is -1.79. The maximum atomic E-state index is 11.5. The van der Waals surface area contributed by atoms with E-state index in [4.69, 9.17) is 0 Å². The molecule has 0 aliphatic heterocycles. The Morgan fingerprint density at radius 1 is 1.14 bits per heavy atom. The molecule has 0 spiro atoms. The number of amides is 3. The summed E-state index contributed by atoms with van der Waals surface area (Å²) >= 11 is 0. The number of anilines is 1. The predicted octanol–water partition coefficient (Wildman–Crippen LogP) is 1.86. The van der Waals surface area contributed by atoms with Gasteiger partial charge in [0.1, 0.15) is 0 Å². The zero-order valence-electron chi connectivity index (χ0n) is 13.2. The molecule has 0 bridgehead atoms. The van der Waals surface area contributed by atoms with Crippen molar-refractivity contribution in [2.45, 2.75) is 32.9 Å². The third kappa shape index (κ3) is 8.49. The van der Waals surface area contributed by atoms with Crippen LogP contribution in [0.3, 0.4) is 0 Å². The summed E-state index contributed by atoms with van der Waals surface area (Å²) in [5, 5.41) is 11.3. The van der Waals surface area contributed by atoms with Gasteiger partial charge in [-0.3, -0.25) is 4.79 Å². The van der Waals surface area contributed by atoms with Crippen LogP contribution in [0.15, 0.2) is 24.3 Å². The van der Waals surface area contributed by atoms with Crippen LogP contribution in [0, 0.1) is 0 Å². The highest BCUT2D eigenvalue weighted by Crippen LogP contribution is 2.09. The molecule has 1 aromatic rings. The van der Waals surface area contributed by atoms with Gasteiger partial charge in [0.15, 0.2) is 0 Å². The number of benzene rings is 1. The predicted molar refractivity (Wildman–Crippen MR) is 91.4 cm³/mol. The van der Waals surface area contributed by atoms with E-state index in [2.05, 4.69) is 21.3 Å². The first-order valence-corrected chi connectivity index (χ1v) is 7.09. The standard InChI is InChI=1S/C15H24N4O2.ClH/c1-11(2)18-15(21)19-13-6-4-12(5-7-13)10-17-14(20)8-9-16-3;/h4-7,11,16H,8-10H2,1-3H3,(H,17,20)(H2,18,19,21);1H. The summed E-state index contributed by atoms with van der Waals surface area (Å²) in [5.41, 5.74) is 1.71. The van der Waals surface area contributed by atoms with Crippen molar-refractivity contribution < 1.29 is 9.59 Å². The number of hydrogen-bond donors (Lipinski definition) is 4. The van der Waals surface area contributed by atoms with E-state index in [0.29, 0.717) is 19.5 Å². The topological polar surface area (TPSA) is 82.3 Å². The van der Waals surface area contributed by atoms with Gasteiger partial charge < -0.3 is 21.3 Å². The fourth-order valence-corrected chi connectivity index (χ4v) is 1.66. The van der Waals surface area contributed by atoms with Crippen LogP contribution in [-0.2, 0) is 11.3 Å². The molecule has 0 aromatic heterocycles. The molecule has 3 amide bonds. The Morgan fingerprint density at radius 2 is 1.77 bits per heavy atom. The highest BCUT2D eigenvalue weighted by Gasteiger charge is 2.04. The molecule has 0 saturated carbocycles. The number of urea groups is 1. The van der Waals surface area contributed by atoms with Gasteiger partial charge in [0, 0.05) is 31.2 Å². The number of halogens is 1. The van der Waals surface area contributed by atoms with Gasteiger partial charge in [0.05, 0.1) is 0 Å². The van der Waals surface area contributed by atoms with Crippen molar-refractivity contribution in [3.63, 3.8) is 0 Å². The van der Waals surface area contributed by atoms with Crippen LogP contribution in [-0.4, -0.2) is 31.6 Å². The second-order valence-corrected chi connectivity index (χ2v) is 5.08. The SMILES string of the molecule is CNCCC(=O)NCc1ccc(NC(=O)NC(C)C)cc1.Cl. The van der Waals surface area contributed by atoms with Crippen molar-refractivity contribution in [2.24, 2.45) is 0 Å². The summed E-state index contributed by atoms with van der Waals surface area (Å²) in [6, 6.07) is 7.26. The van der Waals surface area contributed by atoms with Crippen LogP contribution < -0.4 is 21.3 Å². The minimum absolute atomic E-state index is 0. The molecule has 0 fully saturated rings. The van der Waals surface area contributed by atoms with Crippen molar-refractivity contribution in [3.8, 4) is 0 Å². The van der Waals surface area contributed by atoms with E-state index in [-0.39, 0.29) is 30.4 Å². The largest absolute Gasteiger partial charge is 0.352 e. The summed E-state index contributed by atoms with van der Waals surface area (Å²) in [7, 11) is 1.81. The third-order valence-electron chi connectivity index (χ3n) is 2.72. The Morgan fingerprint density at radius 3 is 2.32 bits per heavy atom. The second-order valence-electron chi connectivity index (χ2n) is 5.08. The molecule has 0 unspecified atom stereocenters. The van der Waals surface area contributed by atoms with E-state index in [0.717, 1.165) is 11.3 Å². The molecule has 6 nitrogen and oxygen atoms in total. The van der Waals surface area contributed by atoms with Crippen LogP contribution in [0.4, 0.5) is 10.5 Å². The Labute approximate surface area is 137 Å².